The number of hydrogen-bond acceptors (Lipinski definition) is 4. The lowest BCUT2D eigenvalue weighted by Gasteiger charge is -2.13. The Morgan fingerprint density at radius 3 is 2.78 bits per heavy atom. The predicted molar refractivity (Wildman–Crippen MR) is 90.3 cm³/mol. The van der Waals surface area contributed by atoms with Crippen LogP contribution in [0.2, 0.25) is 5.02 Å². The van der Waals surface area contributed by atoms with Crippen LogP contribution in [0.15, 0.2) is 29.2 Å². The summed E-state index contributed by atoms with van der Waals surface area (Å²) in [6.45, 7) is 3.27. The number of rotatable bonds is 7. The molecule has 0 bridgehead atoms. The van der Waals surface area contributed by atoms with Crippen molar-refractivity contribution in [3.05, 3.63) is 45.2 Å². The van der Waals surface area contributed by atoms with Crippen LogP contribution < -0.4 is 5.43 Å². The lowest BCUT2D eigenvalue weighted by molar-refractivity contribution is 0.0524. The average molecular weight is 338 g/mol. The summed E-state index contributed by atoms with van der Waals surface area (Å²) in [5, 5.41) is 1.01. The van der Waals surface area contributed by atoms with Gasteiger partial charge >= 0.3 is 5.97 Å². The average Bonchev–Trinajstić information content (AvgIpc) is 2.53. The number of carbonyl (C=O) groups excluding carboxylic acids is 1. The van der Waals surface area contributed by atoms with Crippen molar-refractivity contribution in [2.75, 3.05) is 20.3 Å². The molecule has 0 radical (unpaired) electrons. The summed E-state index contributed by atoms with van der Waals surface area (Å²) in [6, 6.07) is 5.04. The van der Waals surface area contributed by atoms with Crippen LogP contribution in [0, 0.1) is 0 Å². The van der Waals surface area contributed by atoms with E-state index in [0.29, 0.717) is 29.1 Å². The van der Waals surface area contributed by atoms with Gasteiger partial charge in [0.1, 0.15) is 5.56 Å². The quantitative estimate of drug-likeness (QED) is 0.575. The Balaban J connectivity index is 2.48. The zero-order valence-electron chi connectivity index (χ0n) is 13.3. The van der Waals surface area contributed by atoms with Gasteiger partial charge in [-0.3, -0.25) is 4.79 Å². The van der Waals surface area contributed by atoms with Gasteiger partial charge in [-0.2, -0.15) is 0 Å². The molecule has 2 aromatic rings. The first-order valence-corrected chi connectivity index (χ1v) is 7.95. The lowest BCUT2D eigenvalue weighted by Crippen LogP contribution is -2.21. The van der Waals surface area contributed by atoms with E-state index in [9.17, 15) is 9.59 Å². The highest BCUT2D eigenvalue weighted by atomic mass is 35.5. The molecule has 124 valence electrons. The Kier molecular flexibility index (Phi) is 6.19. The van der Waals surface area contributed by atoms with Crippen molar-refractivity contribution in [2.24, 2.45) is 0 Å². The number of nitrogens with zero attached hydrogens (tertiary/aromatic N) is 1. The Bertz CT molecular complexity index is 754. The van der Waals surface area contributed by atoms with Gasteiger partial charge in [-0.25, -0.2) is 4.79 Å². The molecule has 5 nitrogen and oxygen atoms in total. The number of unbranched alkanes of at least 4 members (excludes halogenated alkanes) is 1. The van der Waals surface area contributed by atoms with Crippen LogP contribution >= 0.6 is 11.6 Å². The number of pyridine rings is 1. The molecule has 0 amide bonds. The topological polar surface area (TPSA) is 57.5 Å². The first-order chi connectivity index (χ1) is 11.1. The fourth-order valence-corrected chi connectivity index (χ4v) is 2.60. The van der Waals surface area contributed by atoms with Gasteiger partial charge < -0.3 is 14.0 Å². The largest absolute Gasteiger partial charge is 0.462 e. The summed E-state index contributed by atoms with van der Waals surface area (Å²) in [7, 11) is 1.66. The van der Waals surface area contributed by atoms with E-state index >= 15 is 0 Å². The molecule has 2 rings (SSSR count). The summed E-state index contributed by atoms with van der Waals surface area (Å²) >= 11 is 6.05. The molecule has 1 aromatic heterocycles. The van der Waals surface area contributed by atoms with Crippen molar-refractivity contribution in [2.45, 2.75) is 26.3 Å². The number of carbonyl (C=O) groups is 1. The van der Waals surface area contributed by atoms with Crippen molar-refractivity contribution in [3.63, 3.8) is 0 Å². The number of hydrogen-bond donors (Lipinski definition) is 0. The Hall–Kier alpha value is -1.85. The van der Waals surface area contributed by atoms with Crippen molar-refractivity contribution in [1.29, 1.82) is 0 Å². The molecule has 23 heavy (non-hydrogen) atoms. The van der Waals surface area contributed by atoms with E-state index in [2.05, 4.69) is 0 Å². The number of halogens is 1. The van der Waals surface area contributed by atoms with Gasteiger partial charge in [0.05, 0.1) is 12.1 Å². The SMILES string of the molecule is CCOC(=O)c1cn(CCCCOC)c2cc(Cl)ccc2c1=O. The maximum Gasteiger partial charge on any atom is 0.343 e. The Morgan fingerprint density at radius 2 is 2.09 bits per heavy atom. The van der Waals surface area contributed by atoms with E-state index in [1.807, 2.05) is 4.57 Å². The van der Waals surface area contributed by atoms with E-state index in [0.717, 1.165) is 12.8 Å². The van der Waals surface area contributed by atoms with Gasteiger partial charge in [0.15, 0.2) is 0 Å². The third-order valence-corrected chi connectivity index (χ3v) is 3.77. The van der Waals surface area contributed by atoms with Crippen LogP contribution in [0.4, 0.5) is 0 Å². The minimum Gasteiger partial charge on any atom is -0.462 e. The van der Waals surface area contributed by atoms with E-state index in [-0.39, 0.29) is 17.6 Å². The molecule has 0 N–H and O–H groups in total. The van der Waals surface area contributed by atoms with Crippen LogP contribution in [0.25, 0.3) is 10.9 Å². The second-order valence-corrected chi connectivity index (χ2v) is 5.58. The number of fused-ring (bicyclic) bond motifs is 1. The fourth-order valence-electron chi connectivity index (χ4n) is 2.43. The highest BCUT2D eigenvalue weighted by Gasteiger charge is 2.16. The van der Waals surface area contributed by atoms with Gasteiger partial charge in [-0.15, -0.1) is 0 Å². The van der Waals surface area contributed by atoms with Crippen LogP contribution in [0.1, 0.15) is 30.1 Å². The molecule has 0 aliphatic carbocycles. The molecular weight excluding hydrogens is 318 g/mol. The Labute approximate surface area is 139 Å². The molecule has 1 aromatic carbocycles. The lowest BCUT2D eigenvalue weighted by atomic mass is 10.1. The first-order valence-electron chi connectivity index (χ1n) is 7.57. The molecule has 0 fully saturated rings. The summed E-state index contributed by atoms with van der Waals surface area (Å²) in [4.78, 5) is 24.5. The van der Waals surface area contributed by atoms with Crippen molar-refractivity contribution in [1.82, 2.24) is 4.57 Å². The molecular formula is C17H20ClNO4. The van der Waals surface area contributed by atoms with Crippen LogP contribution in [-0.4, -0.2) is 30.9 Å². The van der Waals surface area contributed by atoms with Gasteiger partial charge in [-0.1, -0.05) is 11.6 Å². The maximum atomic E-state index is 12.5. The molecule has 0 saturated carbocycles. The summed E-state index contributed by atoms with van der Waals surface area (Å²) in [5.74, 6) is -0.597. The van der Waals surface area contributed by atoms with E-state index in [4.69, 9.17) is 21.1 Å². The fraction of sp³-hybridized carbons (Fsp3) is 0.412. The molecule has 0 aliphatic rings. The molecule has 0 spiro atoms. The van der Waals surface area contributed by atoms with Gasteiger partial charge in [0.2, 0.25) is 5.43 Å². The third-order valence-electron chi connectivity index (χ3n) is 3.54. The standard InChI is InChI=1S/C17H20ClNO4/c1-3-23-17(21)14-11-19(8-4-5-9-22-2)15-10-12(18)6-7-13(15)16(14)20/h6-7,10-11H,3-5,8-9H2,1-2H3. The van der Waals surface area contributed by atoms with Crippen LogP contribution in [0.5, 0.6) is 0 Å². The Morgan fingerprint density at radius 1 is 1.30 bits per heavy atom. The summed E-state index contributed by atoms with van der Waals surface area (Å²) in [5.41, 5.74) is 0.435. The maximum absolute atomic E-state index is 12.5. The van der Waals surface area contributed by atoms with Crippen LogP contribution in [0.3, 0.4) is 0 Å². The van der Waals surface area contributed by atoms with Crippen LogP contribution in [-0.2, 0) is 16.0 Å². The molecule has 0 unspecified atom stereocenters. The van der Waals surface area contributed by atoms with Gasteiger partial charge in [0, 0.05) is 36.9 Å². The van der Waals surface area contributed by atoms with E-state index < -0.39 is 5.97 Å². The predicted octanol–water partition coefficient (Wildman–Crippen LogP) is 3.26. The summed E-state index contributed by atoms with van der Waals surface area (Å²) < 4.78 is 11.9. The monoisotopic (exact) mass is 337 g/mol. The zero-order valence-corrected chi connectivity index (χ0v) is 14.1. The third kappa shape index (κ3) is 4.12. The van der Waals surface area contributed by atoms with Crippen molar-refractivity contribution >= 4 is 28.5 Å². The van der Waals surface area contributed by atoms with Crippen molar-refractivity contribution < 1.29 is 14.3 Å². The smallest absolute Gasteiger partial charge is 0.343 e. The second kappa shape index (κ2) is 8.13. The van der Waals surface area contributed by atoms with Gasteiger partial charge in [0.25, 0.3) is 0 Å². The number of ether oxygens (including phenoxy) is 2. The van der Waals surface area contributed by atoms with E-state index in [1.54, 1.807) is 38.4 Å². The number of esters is 1. The minimum atomic E-state index is -0.597. The first kappa shape index (κ1) is 17.5. The zero-order chi connectivity index (χ0) is 16.8. The highest BCUT2D eigenvalue weighted by Crippen LogP contribution is 2.19. The number of aryl methyl sites for hydroxylation is 1. The van der Waals surface area contributed by atoms with Gasteiger partial charge in [-0.05, 0) is 38.0 Å². The highest BCUT2D eigenvalue weighted by molar-refractivity contribution is 6.31. The number of aromatic nitrogens is 1. The second-order valence-electron chi connectivity index (χ2n) is 5.15. The van der Waals surface area contributed by atoms with E-state index in [1.165, 1.54) is 0 Å². The minimum absolute atomic E-state index is 0.0495. The number of methoxy groups -OCH3 is 1. The molecule has 0 atom stereocenters. The number of benzene rings is 1. The molecule has 0 aliphatic heterocycles. The normalized spacial score (nSPS) is 10.9. The molecule has 1 heterocycles. The summed E-state index contributed by atoms with van der Waals surface area (Å²) in [6.07, 6.45) is 3.31. The molecule has 6 heteroatoms. The van der Waals surface area contributed by atoms with Crippen molar-refractivity contribution in [3.8, 4) is 0 Å². The molecule has 0 saturated heterocycles.